The number of esters is 2. The van der Waals surface area contributed by atoms with Crippen LogP contribution < -0.4 is 0 Å². The van der Waals surface area contributed by atoms with Crippen LogP contribution in [0, 0.1) is 56.7 Å². The van der Waals surface area contributed by atoms with E-state index in [9.17, 15) is 9.59 Å². The Kier molecular flexibility index (Phi) is 4.69. The minimum atomic E-state index is -0.486. The summed E-state index contributed by atoms with van der Waals surface area (Å²) in [7, 11) is 0. The van der Waals surface area contributed by atoms with E-state index >= 15 is 0 Å². The molecule has 0 unspecified atom stereocenters. The molecular formula is C32H48O5. The minimum absolute atomic E-state index is 0.0236. The van der Waals surface area contributed by atoms with Crippen molar-refractivity contribution < 1.29 is 23.8 Å². The van der Waals surface area contributed by atoms with Crippen molar-refractivity contribution in [3.63, 3.8) is 0 Å². The van der Waals surface area contributed by atoms with Gasteiger partial charge in [0.1, 0.15) is 12.2 Å². The average molecular weight is 513 g/mol. The highest BCUT2D eigenvalue weighted by Crippen LogP contribution is 2.83. The molecule has 0 aromatic rings. The van der Waals surface area contributed by atoms with Crippen LogP contribution in [0.15, 0.2) is 0 Å². The fraction of sp³-hybridized carbons (Fsp3) is 0.938. The number of ether oxygens (including phenoxy) is 3. The van der Waals surface area contributed by atoms with Gasteiger partial charge in [0.05, 0.1) is 11.5 Å². The van der Waals surface area contributed by atoms with E-state index in [2.05, 4.69) is 48.5 Å². The summed E-state index contributed by atoms with van der Waals surface area (Å²) in [5.74, 6) is 2.18. The molecule has 0 radical (unpaired) electrons. The van der Waals surface area contributed by atoms with E-state index in [1.54, 1.807) is 6.92 Å². The van der Waals surface area contributed by atoms with Gasteiger partial charge in [0.25, 0.3) is 0 Å². The van der Waals surface area contributed by atoms with Crippen LogP contribution in [0.25, 0.3) is 0 Å². The molecule has 37 heavy (non-hydrogen) atoms. The SMILES string of the molecule is CC(=O)O[C@H]1CC[C@]2(C)[C@H]3[C@@H]4O[C@@H]4[C@]45OC(=O)[C@@]6(CC[C@H](C)[C@H](C)[C@H]64)CC[C@@]5(C)[C@]3(C)CC[C@H]2C1(C)C. The number of hydrogen-bond donors (Lipinski definition) is 0. The van der Waals surface area contributed by atoms with Crippen molar-refractivity contribution in [3.05, 3.63) is 0 Å². The van der Waals surface area contributed by atoms with Gasteiger partial charge in [-0.25, -0.2) is 0 Å². The lowest BCUT2D eigenvalue weighted by Crippen LogP contribution is -2.75. The van der Waals surface area contributed by atoms with Gasteiger partial charge in [-0.1, -0.05) is 48.5 Å². The maximum atomic E-state index is 13.9. The molecule has 7 fully saturated rings. The Bertz CT molecular complexity index is 1070. The highest BCUT2D eigenvalue weighted by atomic mass is 16.6. The van der Waals surface area contributed by atoms with Crippen LogP contribution >= 0.6 is 0 Å². The number of carbonyl (C=O) groups is 2. The van der Waals surface area contributed by atoms with Gasteiger partial charge < -0.3 is 14.2 Å². The summed E-state index contributed by atoms with van der Waals surface area (Å²) in [4.78, 5) is 25.8. The van der Waals surface area contributed by atoms with Crippen LogP contribution in [0.5, 0.6) is 0 Å². The molecule has 5 nitrogen and oxygen atoms in total. The van der Waals surface area contributed by atoms with Gasteiger partial charge in [-0.3, -0.25) is 9.59 Å². The first-order valence-corrected chi connectivity index (χ1v) is 15.3. The molecule has 0 aromatic carbocycles. The van der Waals surface area contributed by atoms with Gasteiger partial charge in [-0.15, -0.1) is 0 Å². The van der Waals surface area contributed by atoms with Crippen LogP contribution in [-0.4, -0.2) is 35.9 Å². The molecule has 0 aromatic heterocycles. The van der Waals surface area contributed by atoms with Gasteiger partial charge in [-0.2, -0.15) is 0 Å². The van der Waals surface area contributed by atoms with Crippen molar-refractivity contribution in [2.24, 2.45) is 56.7 Å². The second-order valence-corrected chi connectivity index (χ2v) is 16.0. The van der Waals surface area contributed by atoms with E-state index in [0.717, 1.165) is 51.4 Å². The fourth-order valence-electron chi connectivity index (χ4n) is 12.8. The Labute approximate surface area is 223 Å². The Morgan fingerprint density at radius 3 is 2.35 bits per heavy atom. The Hall–Kier alpha value is -1.10. The molecule has 5 saturated carbocycles. The number of fused-ring (bicyclic) bond motifs is 6. The maximum Gasteiger partial charge on any atom is 0.313 e. The largest absolute Gasteiger partial charge is 0.462 e. The monoisotopic (exact) mass is 512 g/mol. The van der Waals surface area contributed by atoms with E-state index in [4.69, 9.17) is 14.2 Å². The predicted molar refractivity (Wildman–Crippen MR) is 139 cm³/mol. The Morgan fingerprint density at radius 1 is 0.919 bits per heavy atom. The highest BCUT2D eigenvalue weighted by Gasteiger charge is 2.89. The molecule has 5 aliphatic carbocycles. The Morgan fingerprint density at radius 2 is 1.65 bits per heavy atom. The minimum Gasteiger partial charge on any atom is -0.462 e. The number of rotatable bonds is 1. The standard InChI is InChI=1S/C32H48O5/c1-17-9-14-31-16-15-30(8)29(7)13-10-20-27(4,5)21(35-19(3)33)11-12-28(20,6)24(29)22-25(36-22)32(30,37-26(31)34)23(31)18(17)2/h17-18,20-25H,9-16H2,1-8H3/t17-,18-,20-,21-,22-,23+,24+,25-,28-,29+,30-,31-,32+/m0/s1. The van der Waals surface area contributed by atoms with Crippen LogP contribution in [0.2, 0.25) is 0 Å². The zero-order valence-electron chi connectivity index (χ0n) is 24.3. The second kappa shape index (κ2) is 6.96. The highest BCUT2D eigenvalue weighted by molar-refractivity contribution is 5.82. The number of epoxide rings is 1. The van der Waals surface area contributed by atoms with Crippen LogP contribution in [-0.2, 0) is 23.8 Å². The summed E-state index contributed by atoms with van der Waals surface area (Å²) in [6.07, 6.45) is 8.58. The van der Waals surface area contributed by atoms with Crippen molar-refractivity contribution in [3.8, 4) is 0 Å². The normalized spacial score (nSPS) is 60.6. The molecule has 5 heteroatoms. The molecule has 0 N–H and O–H groups in total. The molecular weight excluding hydrogens is 464 g/mol. The van der Waals surface area contributed by atoms with Crippen molar-refractivity contribution >= 4 is 11.9 Å². The summed E-state index contributed by atoms with van der Waals surface area (Å²) < 4.78 is 19.6. The van der Waals surface area contributed by atoms with Gasteiger partial charge in [-0.05, 0) is 85.9 Å². The second-order valence-electron chi connectivity index (χ2n) is 16.0. The number of hydrogen-bond acceptors (Lipinski definition) is 5. The molecule has 13 atom stereocenters. The summed E-state index contributed by atoms with van der Waals surface area (Å²) in [5.41, 5.74) is -0.804. The zero-order valence-corrected chi connectivity index (χ0v) is 24.3. The lowest BCUT2D eigenvalue weighted by atomic mass is 9.30. The van der Waals surface area contributed by atoms with Crippen molar-refractivity contribution in [1.82, 2.24) is 0 Å². The maximum absolute atomic E-state index is 13.9. The van der Waals surface area contributed by atoms with E-state index in [-0.39, 0.29) is 63.2 Å². The third kappa shape index (κ3) is 2.50. The molecule has 2 bridgehead atoms. The zero-order chi connectivity index (χ0) is 26.6. The van der Waals surface area contributed by atoms with Gasteiger partial charge >= 0.3 is 11.9 Å². The quantitative estimate of drug-likeness (QED) is 0.304. The molecule has 206 valence electrons. The van der Waals surface area contributed by atoms with Crippen molar-refractivity contribution in [1.29, 1.82) is 0 Å². The average Bonchev–Trinajstić information content (AvgIpc) is 3.56. The van der Waals surface area contributed by atoms with E-state index < -0.39 is 5.60 Å². The molecule has 1 spiro atoms. The molecule has 2 saturated heterocycles. The summed E-state index contributed by atoms with van der Waals surface area (Å²) in [5, 5.41) is 0. The molecule has 7 aliphatic rings. The molecule has 0 amide bonds. The third-order valence-electron chi connectivity index (χ3n) is 14.8. The third-order valence-corrected chi connectivity index (χ3v) is 14.8. The summed E-state index contributed by atoms with van der Waals surface area (Å²) >= 11 is 0. The van der Waals surface area contributed by atoms with E-state index in [1.807, 2.05) is 0 Å². The van der Waals surface area contributed by atoms with Gasteiger partial charge in [0.15, 0.2) is 5.60 Å². The lowest BCUT2D eigenvalue weighted by molar-refractivity contribution is -0.278. The molecule has 2 aliphatic heterocycles. The van der Waals surface area contributed by atoms with E-state index in [1.165, 1.54) is 0 Å². The smallest absolute Gasteiger partial charge is 0.313 e. The first kappa shape index (κ1) is 24.9. The molecule has 7 rings (SSSR count). The number of carbonyl (C=O) groups excluding carboxylic acids is 2. The van der Waals surface area contributed by atoms with Crippen molar-refractivity contribution in [2.45, 2.75) is 131 Å². The van der Waals surface area contributed by atoms with Gasteiger partial charge in [0, 0.05) is 23.7 Å². The van der Waals surface area contributed by atoms with E-state index in [0.29, 0.717) is 23.7 Å². The molecule has 2 heterocycles. The van der Waals surface area contributed by atoms with Crippen LogP contribution in [0.3, 0.4) is 0 Å². The predicted octanol–water partition coefficient (Wildman–Crippen LogP) is 6.32. The fourth-order valence-corrected chi connectivity index (χ4v) is 12.8. The van der Waals surface area contributed by atoms with Crippen molar-refractivity contribution in [2.75, 3.05) is 0 Å². The Balaban J connectivity index is 1.34. The summed E-state index contributed by atoms with van der Waals surface area (Å²) in [6.45, 7) is 18.6. The van der Waals surface area contributed by atoms with Crippen LogP contribution in [0.1, 0.15) is 107 Å². The van der Waals surface area contributed by atoms with Gasteiger partial charge in [0.2, 0.25) is 0 Å². The first-order valence-electron chi connectivity index (χ1n) is 15.3. The van der Waals surface area contributed by atoms with Crippen LogP contribution in [0.4, 0.5) is 0 Å². The lowest BCUT2D eigenvalue weighted by Gasteiger charge is -2.72. The summed E-state index contributed by atoms with van der Waals surface area (Å²) in [6, 6.07) is 0. The topological polar surface area (TPSA) is 65.1 Å². The first-order chi connectivity index (χ1) is 17.2.